The maximum absolute atomic E-state index is 9.99. The molecule has 6 nitrogen and oxygen atoms in total. The summed E-state index contributed by atoms with van der Waals surface area (Å²) in [5, 5.41) is 35.8. The van der Waals surface area contributed by atoms with Gasteiger partial charge in [0.15, 0.2) is 5.76 Å². The van der Waals surface area contributed by atoms with Gasteiger partial charge < -0.3 is 19.8 Å². The quantitative estimate of drug-likeness (QED) is 0.633. The monoisotopic (exact) mass is 276 g/mol. The van der Waals surface area contributed by atoms with Crippen molar-refractivity contribution in [1.29, 1.82) is 0 Å². The molecule has 1 aliphatic rings. The SMILES string of the molecule is OC[C@H]1N[C@H](c2cc(-c3ccccc3)on2)[C@@H](O)[C@@H]1O. The Morgan fingerprint density at radius 1 is 1.15 bits per heavy atom. The summed E-state index contributed by atoms with van der Waals surface area (Å²) < 4.78 is 5.27. The number of hydrogen-bond donors (Lipinski definition) is 4. The van der Waals surface area contributed by atoms with E-state index in [2.05, 4.69) is 10.5 Å². The van der Waals surface area contributed by atoms with Crippen LogP contribution >= 0.6 is 0 Å². The topological polar surface area (TPSA) is 98.8 Å². The van der Waals surface area contributed by atoms with Crippen molar-refractivity contribution in [3.8, 4) is 11.3 Å². The van der Waals surface area contributed by atoms with Crippen molar-refractivity contribution in [3.05, 3.63) is 42.1 Å². The van der Waals surface area contributed by atoms with Gasteiger partial charge in [-0.3, -0.25) is 5.32 Å². The van der Waals surface area contributed by atoms with Crippen molar-refractivity contribution < 1.29 is 19.8 Å². The number of aliphatic hydroxyl groups excluding tert-OH is 3. The first kappa shape index (κ1) is 13.3. The van der Waals surface area contributed by atoms with Crippen LogP contribution in [-0.4, -0.2) is 45.3 Å². The summed E-state index contributed by atoms with van der Waals surface area (Å²) in [6.45, 7) is -0.252. The number of rotatable bonds is 3. The minimum Gasteiger partial charge on any atom is -0.395 e. The Morgan fingerprint density at radius 2 is 1.90 bits per heavy atom. The molecular weight excluding hydrogens is 260 g/mol. The molecule has 3 rings (SSSR count). The van der Waals surface area contributed by atoms with Gasteiger partial charge >= 0.3 is 0 Å². The van der Waals surface area contributed by atoms with E-state index in [-0.39, 0.29) is 6.61 Å². The lowest BCUT2D eigenvalue weighted by Gasteiger charge is -2.12. The Bertz CT molecular complexity index is 572. The maximum atomic E-state index is 9.99. The number of hydrogen-bond acceptors (Lipinski definition) is 6. The van der Waals surface area contributed by atoms with E-state index < -0.39 is 24.3 Å². The molecule has 4 atom stereocenters. The van der Waals surface area contributed by atoms with Crippen molar-refractivity contribution in [2.24, 2.45) is 0 Å². The Morgan fingerprint density at radius 3 is 2.55 bits per heavy atom. The highest BCUT2D eigenvalue weighted by atomic mass is 16.5. The van der Waals surface area contributed by atoms with Crippen LogP contribution in [-0.2, 0) is 0 Å². The third-order valence-electron chi connectivity index (χ3n) is 3.60. The van der Waals surface area contributed by atoms with Gasteiger partial charge in [-0.2, -0.15) is 0 Å². The first-order valence-electron chi connectivity index (χ1n) is 6.46. The average Bonchev–Trinajstić information content (AvgIpc) is 3.07. The molecule has 2 aromatic rings. The van der Waals surface area contributed by atoms with E-state index in [0.717, 1.165) is 5.56 Å². The fourth-order valence-electron chi connectivity index (χ4n) is 2.46. The van der Waals surface area contributed by atoms with E-state index in [4.69, 9.17) is 9.63 Å². The molecule has 2 heterocycles. The van der Waals surface area contributed by atoms with Crippen molar-refractivity contribution in [1.82, 2.24) is 10.5 Å². The highest BCUT2D eigenvalue weighted by Crippen LogP contribution is 2.29. The predicted octanol–water partition coefficient (Wildman–Crippen LogP) is 0.0686. The van der Waals surface area contributed by atoms with Gasteiger partial charge in [-0.05, 0) is 0 Å². The molecule has 0 radical (unpaired) electrons. The summed E-state index contributed by atoms with van der Waals surface area (Å²) >= 11 is 0. The molecule has 20 heavy (non-hydrogen) atoms. The van der Waals surface area contributed by atoms with Gasteiger partial charge in [0.2, 0.25) is 0 Å². The van der Waals surface area contributed by atoms with Gasteiger partial charge in [-0.25, -0.2) is 0 Å². The second-order valence-corrected chi connectivity index (χ2v) is 4.90. The molecule has 1 aromatic carbocycles. The number of nitrogens with one attached hydrogen (secondary N) is 1. The zero-order chi connectivity index (χ0) is 14.1. The van der Waals surface area contributed by atoms with Crippen molar-refractivity contribution in [2.45, 2.75) is 24.3 Å². The van der Waals surface area contributed by atoms with E-state index in [9.17, 15) is 10.2 Å². The summed E-state index contributed by atoms with van der Waals surface area (Å²) in [5.74, 6) is 0.594. The van der Waals surface area contributed by atoms with Crippen LogP contribution in [0.25, 0.3) is 11.3 Å². The number of aliphatic hydroxyl groups is 3. The molecule has 0 unspecified atom stereocenters. The Kier molecular flexibility index (Phi) is 3.54. The molecule has 1 fully saturated rings. The first-order chi connectivity index (χ1) is 9.70. The van der Waals surface area contributed by atoms with Gasteiger partial charge in [0.1, 0.15) is 11.8 Å². The van der Waals surface area contributed by atoms with E-state index in [1.165, 1.54) is 0 Å². The maximum Gasteiger partial charge on any atom is 0.167 e. The zero-order valence-corrected chi connectivity index (χ0v) is 10.7. The Balaban J connectivity index is 1.84. The average molecular weight is 276 g/mol. The van der Waals surface area contributed by atoms with Crippen LogP contribution in [0, 0.1) is 0 Å². The van der Waals surface area contributed by atoms with E-state index >= 15 is 0 Å². The number of benzene rings is 1. The predicted molar refractivity (Wildman–Crippen MR) is 70.7 cm³/mol. The molecule has 0 spiro atoms. The second kappa shape index (κ2) is 5.34. The van der Waals surface area contributed by atoms with Crippen molar-refractivity contribution in [3.63, 3.8) is 0 Å². The summed E-state index contributed by atoms with van der Waals surface area (Å²) in [6, 6.07) is 10.1. The number of nitrogens with zero attached hydrogens (tertiary/aromatic N) is 1. The van der Waals surface area contributed by atoms with Gasteiger partial charge in [-0.1, -0.05) is 35.5 Å². The van der Waals surface area contributed by atoms with Gasteiger partial charge in [0, 0.05) is 11.6 Å². The van der Waals surface area contributed by atoms with Crippen molar-refractivity contribution >= 4 is 0 Å². The lowest BCUT2D eigenvalue weighted by Crippen LogP contribution is -2.35. The van der Waals surface area contributed by atoms with Crippen LogP contribution in [0.3, 0.4) is 0 Å². The smallest absolute Gasteiger partial charge is 0.167 e. The van der Waals surface area contributed by atoms with Crippen LogP contribution in [0.15, 0.2) is 40.9 Å². The fraction of sp³-hybridized carbons (Fsp3) is 0.357. The first-order valence-corrected chi connectivity index (χ1v) is 6.46. The lowest BCUT2D eigenvalue weighted by molar-refractivity contribution is 0.0187. The highest BCUT2D eigenvalue weighted by Gasteiger charge is 2.42. The van der Waals surface area contributed by atoms with Crippen LogP contribution in [0.4, 0.5) is 0 Å². The summed E-state index contributed by atoms with van der Waals surface area (Å²) in [7, 11) is 0. The number of aromatic nitrogens is 1. The van der Waals surface area contributed by atoms with E-state index in [1.807, 2.05) is 30.3 Å². The summed E-state index contributed by atoms with van der Waals surface area (Å²) in [6.07, 6.45) is -2.05. The molecule has 1 aromatic heterocycles. The molecule has 0 amide bonds. The van der Waals surface area contributed by atoms with Gasteiger partial charge in [0.25, 0.3) is 0 Å². The minimum atomic E-state index is -1.03. The zero-order valence-electron chi connectivity index (χ0n) is 10.7. The van der Waals surface area contributed by atoms with Crippen LogP contribution < -0.4 is 5.32 Å². The second-order valence-electron chi connectivity index (χ2n) is 4.90. The largest absolute Gasteiger partial charge is 0.395 e. The molecule has 6 heteroatoms. The van der Waals surface area contributed by atoms with E-state index in [0.29, 0.717) is 11.5 Å². The van der Waals surface area contributed by atoms with Crippen LogP contribution in [0.5, 0.6) is 0 Å². The molecule has 0 saturated carbocycles. The Labute approximate surface area is 115 Å². The highest BCUT2D eigenvalue weighted by molar-refractivity contribution is 5.57. The standard InChI is InChI=1S/C14H16N2O4/c17-7-10-13(18)14(19)12(15-10)9-6-11(20-16-9)8-4-2-1-3-5-8/h1-6,10,12-15,17-19H,7H2/t10-,12-,13-,14-/m1/s1. The molecule has 106 valence electrons. The van der Waals surface area contributed by atoms with E-state index in [1.54, 1.807) is 6.07 Å². The van der Waals surface area contributed by atoms with Crippen molar-refractivity contribution in [2.75, 3.05) is 6.61 Å². The third kappa shape index (κ3) is 2.23. The third-order valence-corrected chi connectivity index (χ3v) is 3.60. The summed E-state index contributed by atoms with van der Waals surface area (Å²) in [4.78, 5) is 0. The normalized spacial score (nSPS) is 29.8. The summed E-state index contributed by atoms with van der Waals surface area (Å²) in [5.41, 5.74) is 1.39. The van der Waals surface area contributed by atoms with Crippen LogP contribution in [0.2, 0.25) is 0 Å². The molecular formula is C14H16N2O4. The molecule has 0 bridgehead atoms. The van der Waals surface area contributed by atoms with Crippen LogP contribution in [0.1, 0.15) is 11.7 Å². The molecule has 1 saturated heterocycles. The fourth-order valence-corrected chi connectivity index (χ4v) is 2.46. The molecule has 4 N–H and O–H groups in total. The van der Waals surface area contributed by atoms with Gasteiger partial charge in [0.05, 0.1) is 24.8 Å². The minimum absolute atomic E-state index is 0.252. The van der Waals surface area contributed by atoms with Gasteiger partial charge in [-0.15, -0.1) is 0 Å². The lowest BCUT2D eigenvalue weighted by atomic mass is 10.0. The Hall–Kier alpha value is -1.73. The molecule has 1 aliphatic heterocycles. The molecule has 0 aliphatic carbocycles.